The molecule has 0 saturated heterocycles. The lowest BCUT2D eigenvalue weighted by Gasteiger charge is -2.16. The first-order valence-corrected chi connectivity index (χ1v) is 7.41. The third kappa shape index (κ3) is 3.10. The number of alkyl halides is 1. The second-order valence-electron chi connectivity index (χ2n) is 4.50. The summed E-state index contributed by atoms with van der Waals surface area (Å²) in [4.78, 5) is 0. The van der Waals surface area contributed by atoms with Crippen molar-refractivity contribution >= 4 is 27.5 Å². The Morgan fingerprint density at radius 1 is 1.00 bits per heavy atom. The van der Waals surface area contributed by atoms with Crippen molar-refractivity contribution < 1.29 is 9.47 Å². The number of benzene rings is 2. The van der Waals surface area contributed by atoms with Gasteiger partial charge in [-0.25, -0.2) is 0 Å². The topological polar surface area (TPSA) is 18.5 Å². The molecule has 0 bridgehead atoms. The van der Waals surface area contributed by atoms with E-state index in [0.717, 1.165) is 32.7 Å². The number of hydrogen-bond donors (Lipinski definition) is 0. The fraction of sp³-hybridized carbons (Fsp3) is 0.250. The van der Waals surface area contributed by atoms with Crippen LogP contribution in [0.25, 0.3) is 0 Å². The van der Waals surface area contributed by atoms with Gasteiger partial charge in [-0.1, -0.05) is 23.8 Å². The molecule has 0 saturated carbocycles. The average molecular weight is 356 g/mol. The summed E-state index contributed by atoms with van der Waals surface area (Å²) < 4.78 is 11.5. The summed E-state index contributed by atoms with van der Waals surface area (Å²) in [7, 11) is 3.29. The van der Waals surface area contributed by atoms with Gasteiger partial charge in [0.1, 0.15) is 11.5 Å². The second kappa shape index (κ2) is 6.51. The van der Waals surface area contributed by atoms with Crippen LogP contribution in [0.15, 0.2) is 40.9 Å². The fourth-order valence-electron chi connectivity index (χ4n) is 2.07. The van der Waals surface area contributed by atoms with E-state index in [2.05, 4.69) is 22.0 Å². The third-order valence-electron chi connectivity index (χ3n) is 3.13. The molecule has 1 unspecified atom stereocenters. The van der Waals surface area contributed by atoms with Gasteiger partial charge in [0.15, 0.2) is 0 Å². The van der Waals surface area contributed by atoms with Crippen LogP contribution in [0.5, 0.6) is 11.5 Å². The molecule has 2 aromatic carbocycles. The Morgan fingerprint density at radius 3 is 2.25 bits per heavy atom. The van der Waals surface area contributed by atoms with E-state index in [9.17, 15) is 0 Å². The number of halogens is 2. The molecule has 2 aromatic rings. The first-order chi connectivity index (χ1) is 9.56. The predicted molar refractivity (Wildman–Crippen MR) is 86.1 cm³/mol. The molecule has 0 aromatic heterocycles. The molecule has 0 spiro atoms. The zero-order chi connectivity index (χ0) is 14.7. The van der Waals surface area contributed by atoms with Gasteiger partial charge in [0.25, 0.3) is 0 Å². The van der Waals surface area contributed by atoms with Crippen LogP contribution >= 0.6 is 27.5 Å². The summed E-state index contributed by atoms with van der Waals surface area (Å²) in [6, 6.07) is 11.8. The first-order valence-electron chi connectivity index (χ1n) is 6.19. The van der Waals surface area contributed by atoms with Crippen LogP contribution in [-0.2, 0) is 0 Å². The number of hydrogen-bond acceptors (Lipinski definition) is 2. The molecular weight excluding hydrogens is 340 g/mol. The van der Waals surface area contributed by atoms with E-state index >= 15 is 0 Å². The fourth-order valence-corrected chi connectivity index (χ4v) is 2.94. The minimum atomic E-state index is -0.271. The van der Waals surface area contributed by atoms with Gasteiger partial charge in [-0.15, -0.1) is 11.6 Å². The molecule has 0 heterocycles. The van der Waals surface area contributed by atoms with Crippen molar-refractivity contribution in [2.45, 2.75) is 12.3 Å². The normalized spacial score (nSPS) is 12.1. The third-order valence-corrected chi connectivity index (χ3v) is 4.23. The SMILES string of the molecule is COc1ccc(C(Cl)c2cc(C)ccc2OC)cc1Br. The van der Waals surface area contributed by atoms with Crippen molar-refractivity contribution in [2.24, 2.45) is 0 Å². The molecule has 2 nitrogen and oxygen atoms in total. The van der Waals surface area contributed by atoms with Crippen molar-refractivity contribution in [1.82, 2.24) is 0 Å². The molecule has 1 atom stereocenters. The van der Waals surface area contributed by atoms with Crippen LogP contribution in [0.2, 0.25) is 0 Å². The Bertz CT molecular complexity index is 613. The van der Waals surface area contributed by atoms with Crippen molar-refractivity contribution in [3.05, 3.63) is 57.6 Å². The van der Waals surface area contributed by atoms with Gasteiger partial charge in [0.05, 0.1) is 24.1 Å². The van der Waals surface area contributed by atoms with E-state index in [1.807, 2.05) is 37.3 Å². The second-order valence-corrected chi connectivity index (χ2v) is 5.79. The van der Waals surface area contributed by atoms with Crippen LogP contribution in [0.4, 0.5) is 0 Å². The van der Waals surface area contributed by atoms with E-state index < -0.39 is 0 Å². The standard InChI is InChI=1S/C16H16BrClO2/c1-10-4-6-14(19-2)12(8-10)16(18)11-5-7-15(20-3)13(17)9-11/h4-9,16H,1-3H3. The number of rotatable bonds is 4. The van der Waals surface area contributed by atoms with Crippen LogP contribution in [0, 0.1) is 6.92 Å². The van der Waals surface area contributed by atoms with Gasteiger partial charge in [0, 0.05) is 5.56 Å². The van der Waals surface area contributed by atoms with E-state index in [1.165, 1.54) is 0 Å². The number of methoxy groups -OCH3 is 2. The Balaban J connectivity index is 2.43. The summed E-state index contributed by atoms with van der Waals surface area (Å²) in [5.74, 6) is 1.58. The summed E-state index contributed by atoms with van der Waals surface area (Å²) in [6.45, 7) is 2.04. The van der Waals surface area contributed by atoms with Crippen LogP contribution in [0.1, 0.15) is 22.1 Å². The van der Waals surface area contributed by atoms with E-state index in [1.54, 1.807) is 14.2 Å². The largest absolute Gasteiger partial charge is 0.496 e. The molecule has 0 aliphatic rings. The van der Waals surface area contributed by atoms with Crippen molar-refractivity contribution in [3.63, 3.8) is 0 Å². The van der Waals surface area contributed by atoms with Gasteiger partial charge in [-0.2, -0.15) is 0 Å². The molecule has 0 fully saturated rings. The molecule has 0 N–H and O–H groups in total. The van der Waals surface area contributed by atoms with E-state index in [-0.39, 0.29) is 5.38 Å². The smallest absolute Gasteiger partial charge is 0.133 e. The number of ether oxygens (including phenoxy) is 2. The first kappa shape index (κ1) is 15.2. The Labute approximate surface area is 132 Å². The van der Waals surface area contributed by atoms with Gasteiger partial charge >= 0.3 is 0 Å². The average Bonchev–Trinajstić information content (AvgIpc) is 2.46. The zero-order valence-corrected chi connectivity index (χ0v) is 14.0. The maximum Gasteiger partial charge on any atom is 0.133 e. The Hall–Kier alpha value is -1.19. The lowest BCUT2D eigenvalue weighted by Crippen LogP contribution is -1.98. The zero-order valence-electron chi connectivity index (χ0n) is 11.6. The predicted octanol–water partition coefficient (Wildman–Crippen LogP) is 5.10. The van der Waals surface area contributed by atoms with Crippen LogP contribution in [-0.4, -0.2) is 14.2 Å². The van der Waals surface area contributed by atoms with E-state index in [4.69, 9.17) is 21.1 Å². The van der Waals surface area contributed by atoms with Gasteiger partial charge in [-0.3, -0.25) is 0 Å². The van der Waals surface area contributed by atoms with Crippen LogP contribution in [0.3, 0.4) is 0 Å². The summed E-state index contributed by atoms with van der Waals surface area (Å²) in [5.41, 5.74) is 3.11. The lowest BCUT2D eigenvalue weighted by molar-refractivity contribution is 0.409. The minimum absolute atomic E-state index is 0.271. The number of aryl methyl sites for hydroxylation is 1. The molecule has 0 aliphatic heterocycles. The van der Waals surface area contributed by atoms with Gasteiger partial charge in [-0.05, 0) is 46.6 Å². The summed E-state index contributed by atoms with van der Waals surface area (Å²) in [6.07, 6.45) is 0. The van der Waals surface area contributed by atoms with Crippen LogP contribution < -0.4 is 9.47 Å². The molecule has 4 heteroatoms. The maximum absolute atomic E-state index is 6.61. The molecule has 0 amide bonds. The van der Waals surface area contributed by atoms with Crippen molar-refractivity contribution in [3.8, 4) is 11.5 Å². The highest BCUT2D eigenvalue weighted by Crippen LogP contribution is 2.38. The molecule has 20 heavy (non-hydrogen) atoms. The van der Waals surface area contributed by atoms with E-state index in [0.29, 0.717) is 0 Å². The lowest BCUT2D eigenvalue weighted by atomic mass is 10.0. The van der Waals surface area contributed by atoms with Crippen molar-refractivity contribution in [1.29, 1.82) is 0 Å². The quantitative estimate of drug-likeness (QED) is 0.710. The highest BCUT2D eigenvalue weighted by atomic mass is 79.9. The maximum atomic E-state index is 6.61. The molecule has 0 radical (unpaired) electrons. The molecule has 0 aliphatic carbocycles. The molecular formula is C16H16BrClO2. The molecule has 2 rings (SSSR count). The van der Waals surface area contributed by atoms with Gasteiger partial charge < -0.3 is 9.47 Å². The molecule has 106 valence electrons. The highest BCUT2D eigenvalue weighted by Gasteiger charge is 2.17. The van der Waals surface area contributed by atoms with Crippen molar-refractivity contribution in [2.75, 3.05) is 14.2 Å². The summed E-state index contributed by atoms with van der Waals surface area (Å²) >= 11 is 10.1. The summed E-state index contributed by atoms with van der Waals surface area (Å²) in [5, 5.41) is -0.271. The van der Waals surface area contributed by atoms with Gasteiger partial charge in [0.2, 0.25) is 0 Å². The Morgan fingerprint density at radius 2 is 1.65 bits per heavy atom. The monoisotopic (exact) mass is 354 g/mol. The minimum Gasteiger partial charge on any atom is -0.496 e. The highest BCUT2D eigenvalue weighted by molar-refractivity contribution is 9.10. The Kier molecular flexibility index (Phi) is 4.95.